The Balaban J connectivity index is 1.54. The summed E-state index contributed by atoms with van der Waals surface area (Å²) >= 11 is 2.77. The maximum absolute atomic E-state index is 13.0. The van der Waals surface area contributed by atoms with E-state index < -0.39 is 5.25 Å². The SMILES string of the molecule is O=C(Nc1cccc(SC(C(=O)Nc2nccs2)c2ccccc2)c1)c1ccco1. The Labute approximate surface area is 181 Å². The number of furan rings is 1. The second kappa shape index (κ2) is 9.43. The van der Waals surface area contributed by atoms with Gasteiger partial charge in [-0.1, -0.05) is 36.4 Å². The zero-order chi connectivity index (χ0) is 20.8. The molecule has 0 aliphatic rings. The number of thioether (sulfide) groups is 1. The van der Waals surface area contributed by atoms with Crippen LogP contribution in [0.4, 0.5) is 10.8 Å². The zero-order valence-electron chi connectivity index (χ0n) is 15.6. The van der Waals surface area contributed by atoms with Gasteiger partial charge in [0.05, 0.1) is 6.26 Å². The number of amides is 2. The molecule has 30 heavy (non-hydrogen) atoms. The fraction of sp³-hybridized carbons (Fsp3) is 0.0455. The molecule has 1 atom stereocenters. The van der Waals surface area contributed by atoms with Crippen LogP contribution < -0.4 is 10.6 Å². The molecule has 0 aliphatic heterocycles. The van der Waals surface area contributed by atoms with Crippen LogP contribution in [0.2, 0.25) is 0 Å². The molecule has 150 valence electrons. The van der Waals surface area contributed by atoms with Crippen molar-refractivity contribution in [1.29, 1.82) is 0 Å². The van der Waals surface area contributed by atoms with Crippen LogP contribution in [0.1, 0.15) is 21.4 Å². The molecular weight excluding hydrogens is 418 g/mol. The second-order valence-electron chi connectivity index (χ2n) is 6.19. The summed E-state index contributed by atoms with van der Waals surface area (Å²) in [6, 6.07) is 20.2. The van der Waals surface area contributed by atoms with Crippen molar-refractivity contribution in [2.75, 3.05) is 10.6 Å². The molecule has 0 aliphatic carbocycles. The third kappa shape index (κ3) is 4.97. The quantitative estimate of drug-likeness (QED) is 0.377. The number of nitrogens with one attached hydrogen (secondary N) is 2. The van der Waals surface area contributed by atoms with E-state index in [1.165, 1.54) is 29.4 Å². The van der Waals surface area contributed by atoms with E-state index in [1.807, 2.05) is 53.9 Å². The number of thiazole rings is 1. The van der Waals surface area contributed by atoms with Gasteiger partial charge in [-0.15, -0.1) is 23.1 Å². The predicted octanol–water partition coefficient (Wildman–Crippen LogP) is 5.46. The zero-order valence-corrected chi connectivity index (χ0v) is 17.3. The highest BCUT2D eigenvalue weighted by molar-refractivity contribution is 8.00. The lowest BCUT2D eigenvalue weighted by molar-refractivity contribution is -0.115. The van der Waals surface area contributed by atoms with Crippen molar-refractivity contribution in [3.8, 4) is 0 Å². The van der Waals surface area contributed by atoms with Gasteiger partial charge < -0.3 is 15.1 Å². The summed E-state index contributed by atoms with van der Waals surface area (Å²) in [4.78, 5) is 30.2. The fourth-order valence-corrected chi connectivity index (χ4v) is 4.36. The third-order valence-corrected chi connectivity index (χ3v) is 6.03. The summed E-state index contributed by atoms with van der Waals surface area (Å²) < 4.78 is 5.13. The van der Waals surface area contributed by atoms with Gasteiger partial charge in [0.15, 0.2) is 10.9 Å². The molecule has 0 spiro atoms. The monoisotopic (exact) mass is 435 g/mol. The van der Waals surface area contributed by atoms with Crippen molar-refractivity contribution in [2.24, 2.45) is 0 Å². The number of anilines is 2. The molecule has 1 unspecified atom stereocenters. The summed E-state index contributed by atoms with van der Waals surface area (Å²) in [5, 5.41) is 7.57. The molecule has 0 radical (unpaired) electrons. The van der Waals surface area contributed by atoms with Crippen LogP contribution in [0.5, 0.6) is 0 Å². The normalized spacial score (nSPS) is 11.6. The van der Waals surface area contributed by atoms with E-state index in [2.05, 4.69) is 15.6 Å². The van der Waals surface area contributed by atoms with E-state index in [9.17, 15) is 9.59 Å². The molecule has 2 N–H and O–H groups in total. The number of nitrogens with zero attached hydrogens (tertiary/aromatic N) is 1. The highest BCUT2D eigenvalue weighted by Gasteiger charge is 2.23. The number of hydrogen-bond donors (Lipinski definition) is 2. The van der Waals surface area contributed by atoms with Gasteiger partial charge in [-0.25, -0.2) is 4.98 Å². The van der Waals surface area contributed by atoms with Gasteiger partial charge in [-0.2, -0.15) is 0 Å². The molecule has 2 aromatic carbocycles. The molecule has 6 nitrogen and oxygen atoms in total. The molecule has 4 rings (SSSR count). The molecule has 2 heterocycles. The van der Waals surface area contributed by atoms with Gasteiger partial charge in [-0.3, -0.25) is 9.59 Å². The highest BCUT2D eigenvalue weighted by Crippen LogP contribution is 2.37. The number of aromatic nitrogens is 1. The average Bonchev–Trinajstić information content (AvgIpc) is 3.47. The summed E-state index contributed by atoms with van der Waals surface area (Å²) in [5.41, 5.74) is 1.50. The molecule has 2 amide bonds. The molecule has 2 aromatic heterocycles. The van der Waals surface area contributed by atoms with Gasteiger partial charge in [0.1, 0.15) is 5.25 Å². The Bertz CT molecular complexity index is 1110. The van der Waals surface area contributed by atoms with Crippen molar-refractivity contribution >= 4 is 45.7 Å². The predicted molar refractivity (Wildman–Crippen MR) is 119 cm³/mol. The molecule has 0 fully saturated rings. The number of carbonyl (C=O) groups excluding carboxylic acids is 2. The van der Waals surface area contributed by atoms with Gasteiger partial charge in [0.2, 0.25) is 5.91 Å². The Hall–Kier alpha value is -3.36. The first-order chi connectivity index (χ1) is 14.7. The minimum absolute atomic E-state index is 0.161. The molecule has 8 heteroatoms. The Morgan fingerprint density at radius 2 is 1.87 bits per heavy atom. The Kier molecular flexibility index (Phi) is 6.26. The minimum Gasteiger partial charge on any atom is -0.459 e. The van der Waals surface area contributed by atoms with E-state index in [1.54, 1.807) is 24.4 Å². The van der Waals surface area contributed by atoms with Crippen LogP contribution in [0.25, 0.3) is 0 Å². The number of hydrogen-bond acceptors (Lipinski definition) is 6. The molecule has 4 aromatic rings. The highest BCUT2D eigenvalue weighted by atomic mass is 32.2. The van der Waals surface area contributed by atoms with Crippen LogP contribution in [-0.4, -0.2) is 16.8 Å². The van der Waals surface area contributed by atoms with Crippen LogP contribution in [-0.2, 0) is 4.79 Å². The van der Waals surface area contributed by atoms with E-state index in [0.29, 0.717) is 10.8 Å². The van der Waals surface area contributed by atoms with Crippen molar-refractivity contribution < 1.29 is 14.0 Å². The molecule has 0 saturated heterocycles. The van der Waals surface area contributed by atoms with Gasteiger partial charge in [0.25, 0.3) is 5.91 Å². The van der Waals surface area contributed by atoms with Crippen molar-refractivity contribution in [2.45, 2.75) is 10.1 Å². The van der Waals surface area contributed by atoms with Crippen LogP contribution in [0.15, 0.2) is 93.9 Å². The smallest absolute Gasteiger partial charge is 0.291 e. The van der Waals surface area contributed by atoms with Crippen molar-refractivity contribution in [1.82, 2.24) is 4.98 Å². The summed E-state index contributed by atoms with van der Waals surface area (Å²) in [6.07, 6.45) is 3.10. The maximum atomic E-state index is 13.0. The first kappa shape index (κ1) is 19.9. The molecular formula is C22H17N3O3S2. The van der Waals surface area contributed by atoms with E-state index in [4.69, 9.17) is 4.42 Å². The largest absolute Gasteiger partial charge is 0.459 e. The van der Waals surface area contributed by atoms with Gasteiger partial charge >= 0.3 is 0 Å². The van der Waals surface area contributed by atoms with E-state index in [-0.39, 0.29) is 17.6 Å². The van der Waals surface area contributed by atoms with E-state index >= 15 is 0 Å². The second-order valence-corrected chi connectivity index (χ2v) is 8.27. The van der Waals surface area contributed by atoms with Crippen LogP contribution >= 0.6 is 23.1 Å². The molecule has 0 bridgehead atoms. The Morgan fingerprint density at radius 1 is 1.00 bits per heavy atom. The van der Waals surface area contributed by atoms with E-state index in [0.717, 1.165) is 10.5 Å². The maximum Gasteiger partial charge on any atom is 0.291 e. The van der Waals surface area contributed by atoms with Crippen molar-refractivity contribution in [3.63, 3.8) is 0 Å². The number of benzene rings is 2. The van der Waals surface area contributed by atoms with Crippen LogP contribution in [0, 0.1) is 0 Å². The summed E-state index contributed by atoms with van der Waals surface area (Å²) in [5.74, 6) is -0.257. The number of rotatable bonds is 7. The first-order valence-corrected chi connectivity index (χ1v) is 10.8. The fourth-order valence-electron chi connectivity index (χ4n) is 2.74. The summed E-state index contributed by atoms with van der Waals surface area (Å²) in [7, 11) is 0. The summed E-state index contributed by atoms with van der Waals surface area (Å²) in [6.45, 7) is 0. The lowest BCUT2D eigenvalue weighted by Gasteiger charge is -2.16. The number of carbonyl (C=O) groups is 2. The van der Waals surface area contributed by atoms with Gasteiger partial charge in [-0.05, 0) is 35.9 Å². The third-order valence-electron chi connectivity index (χ3n) is 4.09. The molecule has 0 saturated carbocycles. The lowest BCUT2D eigenvalue weighted by atomic mass is 10.1. The van der Waals surface area contributed by atoms with Gasteiger partial charge in [0, 0.05) is 22.2 Å². The topological polar surface area (TPSA) is 84.2 Å². The first-order valence-electron chi connectivity index (χ1n) is 9.06. The minimum atomic E-state index is -0.480. The lowest BCUT2D eigenvalue weighted by Crippen LogP contribution is -2.19. The average molecular weight is 436 g/mol. The standard InChI is InChI=1S/C22H17N3O3S2/c26-20(18-10-5-12-28-18)24-16-8-4-9-17(14-16)30-19(15-6-2-1-3-7-15)21(27)25-22-23-11-13-29-22/h1-14,19H,(H,24,26)(H,23,25,27). The van der Waals surface area contributed by atoms with Crippen molar-refractivity contribution in [3.05, 3.63) is 95.9 Å². The van der Waals surface area contributed by atoms with Crippen LogP contribution in [0.3, 0.4) is 0 Å². The Morgan fingerprint density at radius 3 is 2.60 bits per heavy atom.